The average molecular weight is 138 g/mol. The van der Waals surface area contributed by atoms with Gasteiger partial charge >= 0.3 is 0 Å². The molecule has 0 aromatic rings. The molecule has 1 heteroatoms. The molecule has 0 heterocycles. The second-order valence-electron chi connectivity index (χ2n) is 3.38. The minimum Gasteiger partial charge on any atom is -0.295 e. The standard InChI is InChI=1S/C9H14O/c1-6(2)8-4-7(3)9(10)5-8/h4,6,8H,5H2,1-3H3/t8-/m1/s1. The lowest BCUT2D eigenvalue weighted by atomic mass is 9.96. The molecule has 0 saturated carbocycles. The number of hydrogen-bond acceptors (Lipinski definition) is 1. The summed E-state index contributed by atoms with van der Waals surface area (Å²) in [5.74, 6) is 1.45. The van der Waals surface area contributed by atoms with Crippen molar-refractivity contribution >= 4 is 5.78 Å². The topological polar surface area (TPSA) is 17.1 Å². The van der Waals surface area contributed by atoms with Crippen molar-refractivity contribution in [3.05, 3.63) is 11.6 Å². The molecule has 0 radical (unpaired) electrons. The van der Waals surface area contributed by atoms with Gasteiger partial charge in [-0.2, -0.15) is 0 Å². The second-order valence-corrected chi connectivity index (χ2v) is 3.38. The maximum absolute atomic E-state index is 11.0. The van der Waals surface area contributed by atoms with E-state index in [0.29, 0.717) is 17.6 Å². The number of carbonyl (C=O) groups excluding carboxylic acids is 1. The van der Waals surface area contributed by atoms with Gasteiger partial charge in [-0.1, -0.05) is 19.9 Å². The normalized spacial score (nSPS) is 25.8. The van der Waals surface area contributed by atoms with Crippen molar-refractivity contribution in [3.63, 3.8) is 0 Å². The Morgan fingerprint density at radius 1 is 1.60 bits per heavy atom. The zero-order valence-corrected chi connectivity index (χ0v) is 6.85. The number of hydrogen-bond donors (Lipinski definition) is 0. The van der Waals surface area contributed by atoms with Gasteiger partial charge < -0.3 is 0 Å². The Bertz CT molecular complexity index is 177. The highest BCUT2D eigenvalue weighted by Gasteiger charge is 2.22. The van der Waals surface area contributed by atoms with Crippen molar-refractivity contribution in [1.29, 1.82) is 0 Å². The van der Waals surface area contributed by atoms with Gasteiger partial charge in [0.05, 0.1) is 0 Å². The number of carbonyl (C=O) groups is 1. The van der Waals surface area contributed by atoms with Crippen LogP contribution in [0.15, 0.2) is 11.6 Å². The third-order valence-corrected chi connectivity index (χ3v) is 2.18. The van der Waals surface area contributed by atoms with Crippen LogP contribution in [-0.4, -0.2) is 5.78 Å². The molecule has 1 nitrogen and oxygen atoms in total. The Hall–Kier alpha value is -0.590. The summed E-state index contributed by atoms with van der Waals surface area (Å²) in [6.45, 7) is 6.23. The largest absolute Gasteiger partial charge is 0.295 e. The number of ketones is 1. The molecule has 1 aliphatic rings. The van der Waals surface area contributed by atoms with Crippen molar-refractivity contribution < 1.29 is 4.79 Å². The van der Waals surface area contributed by atoms with E-state index in [2.05, 4.69) is 19.9 Å². The van der Waals surface area contributed by atoms with Crippen molar-refractivity contribution in [2.45, 2.75) is 27.2 Å². The Balaban J connectivity index is 2.65. The number of allylic oxidation sites excluding steroid dienone is 2. The monoisotopic (exact) mass is 138 g/mol. The van der Waals surface area contributed by atoms with Crippen LogP contribution < -0.4 is 0 Å². The summed E-state index contributed by atoms with van der Waals surface area (Å²) in [4.78, 5) is 11.0. The van der Waals surface area contributed by atoms with Crippen molar-refractivity contribution in [3.8, 4) is 0 Å². The molecular formula is C9H14O. The quantitative estimate of drug-likeness (QED) is 0.542. The van der Waals surface area contributed by atoms with E-state index in [0.717, 1.165) is 12.0 Å². The summed E-state index contributed by atoms with van der Waals surface area (Å²) >= 11 is 0. The molecule has 0 fully saturated rings. The second kappa shape index (κ2) is 2.57. The molecule has 0 aromatic carbocycles. The maximum atomic E-state index is 11.0. The van der Waals surface area contributed by atoms with Crippen LogP contribution in [0.5, 0.6) is 0 Å². The molecule has 0 spiro atoms. The summed E-state index contributed by atoms with van der Waals surface area (Å²) in [6, 6.07) is 0. The Labute approximate surface area is 62.1 Å². The molecule has 0 saturated heterocycles. The van der Waals surface area contributed by atoms with E-state index in [1.54, 1.807) is 0 Å². The van der Waals surface area contributed by atoms with Gasteiger partial charge in [0.1, 0.15) is 0 Å². The minimum absolute atomic E-state index is 0.332. The Morgan fingerprint density at radius 3 is 2.40 bits per heavy atom. The van der Waals surface area contributed by atoms with Crippen LogP contribution in [0.2, 0.25) is 0 Å². The van der Waals surface area contributed by atoms with Gasteiger partial charge in [0.25, 0.3) is 0 Å². The van der Waals surface area contributed by atoms with E-state index in [9.17, 15) is 4.79 Å². The van der Waals surface area contributed by atoms with E-state index in [4.69, 9.17) is 0 Å². The van der Waals surface area contributed by atoms with Crippen LogP contribution >= 0.6 is 0 Å². The van der Waals surface area contributed by atoms with Gasteiger partial charge in [-0.3, -0.25) is 4.79 Å². The molecule has 0 unspecified atom stereocenters. The molecule has 56 valence electrons. The zero-order chi connectivity index (χ0) is 7.72. The smallest absolute Gasteiger partial charge is 0.158 e. The van der Waals surface area contributed by atoms with Crippen LogP contribution in [0.1, 0.15) is 27.2 Å². The first-order chi connectivity index (χ1) is 4.61. The van der Waals surface area contributed by atoms with E-state index in [-0.39, 0.29) is 0 Å². The molecule has 0 amide bonds. The molecule has 0 aromatic heterocycles. The summed E-state index contributed by atoms with van der Waals surface area (Å²) in [5, 5.41) is 0. The number of rotatable bonds is 1. The van der Waals surface area contributed by atoms with Crippen LogP contribution in [0.3, 0.4) is 0 Å². The molecule has 1 rings (SSSR count). The molecule has 0 N–H and O–H groups in total. The summed E-state index contributed by atoms with van der Waals surface area (Å²) in [7, 11) is 0. The zero-order valence-electron chi connectivity index (χ0n) is 6.85. The average Bonchev–Trinajstić information content (AvgIpc) is 2.13. The molecular weight excluding hydrogens is 124 g/mol. The Kier molecular flexibility index (Phi) is 1.93. The molecule has 1 aliphatic carbocycles. The van der Waals surface area contributed by atoms with E-state index in [1.165, 1.54) is 0 Å². The first-order valence-electron chi connectivity index (χ1n) is 3.83. The van der Waals surface area contributed by atoms with E-state index < -0.39 is 0 Å². The highest BCUT2D eigenvalue weighted by Crippen LogP contribution is 2.26. The van der Waals surface area contributed by atoms with Crippen molar-refractivity contribution in [1.82, 2.24) is 0 Å². The molecule has 1 atom stereocenters. The van der Waals surface area contributed by atoms with Crippen LogP contribution in [0.4, 0.5) is 0 Å². The molecule has 0 aliphatic heterocycles. The Morgan fingerprint density at radius 2 is 2.20 bits per heavy atom. The lowest BCUT2D eigenvalue weighted by molar-refractivity contribution is -0.115. The van der Waals surface area contributed by atoms with E-state index in [1.807, 2.05) is 6.92 Å². The number of Topliss-reactive ketones (excluding diaryl/α,β-unsaturated/α-hetero) is 1. The maximum Gasteiger partial charge on any atom is 0.158 e. The fraction of sp³-hybridized carbons (Fsp3) is 0.667. The first kappa shape index (κ1) is 7.52. The van der Waals surface area contributed by atoms with Gasteiger partial charge in [0.15, 0.2) is 5.78 Å². The first-order valence-corrected chi connectivity index (χ1v) is 3.83. The highest BCUT2D eigenvalue weighted by molar-refractivity contribution is 5.97. The van der Waals surface area contributed by atoms with E-state index >= 15 is 0 Å². The van der Waals surface area contributed by atoms with Crippen LogP contribution in [0.25, 0.3) is 0 Å². The predicted molar refractivity (Wildman–Crippen MR) is 41.7 cm³/mol. The lowest BCUT2D eigenvalue weighted by Gasteiger charge is -2.08. The summed E-state index contributed by atoms with van der Waals surface area (Å²) in [6.07, 6.45) is 2.84. The predicted octanol–water partition coefficient (Wildman–Crippen LogP) is 2.18. The fourth-order valence-corrected chi connectivity index (χ4v) is 1.28. The van der Waals surface area contributed by atoms with Crippen molar-refractivity contribution in [2.75, 3.05) is 0 Å². The molecule has 10 heavy (non-hydrogen) atoms. The van der Waals surface area contributed by atoms with Gasteiger partial charge in [-0.05, 0) is 24.3 Å². The summed E-state index contributed by atoms with van der Waals surface area (Å²) < 4.78 is 0. The summed E-state index contributed by atoms with van der Waals surface area (Å²) in [5.41, 5.74) is 0.957. The SMILES string of the molecule is CC1=C[C@@H](C(C)C)CC1=O. The third kappa shape index (κ3) is 1.28. The van der Waals surface area contributed by atoms with Gasteiger partial charge in [0, 0.05) is 6.42 Å². The minimum atomic E-state index is 0.332. The van der Waals surface area contributed by atoms with Gasteiger partial charge in [-0.15, -0.1) is 0 Å². The fourth-order valence-electron chi connectivity index (χ4n) is 1.28. The van der Waals surface area contributed by atoms with Crippen LogP contribution in [0, 0.1) is 11.8 Å². The van der Waals surface area contributed by atoms with Crippen LogP contribution in [-0.2, 0) is 4.79 Å². The lowest BCUT2D eigenvalue weighted by Crippen LogP contribution is -2.04. The molecule has 0 bridgehead atoms. The third-order valence-electron chi connectivity index (χ3n) is 2.18. The van der Waals surface area contributed by atoms with Crippen molar-refractivity contribution in [2.24, 2.45) is 11.8 Å². The van der Waals surface area contributed by atoms with Gasteiger partial charge in [-0.25, -0.2) is 0 Å². The van der Waals surface area contributed by atoms with Gasteiger partial charge in [0.2, 0.25) is 0 Å². The highest BCUT2D eigenvalue weighted by atomic mass is 16.1.